The number of hydrogen-bond acceptors (Lipinski definition) is 5. The van der Waals surface area contributed by atoms with E-state index in [0.29, 0.717) is 12.0 Å². The Bertz CT molecular complexity index is 425. The highest BCUT2D eigenvalue weighted by atomic mass is 16.5. The Labute approximate surface area is 121 Å². The normalized spacial score (nSPS) is 28.4. The largest absolute Gasteiger partial charge is 0.338 e. The number of nitrogens with zero attached hydrogens (tertiary/aromatic N) is 3. The number of aromatic nitrogens is 2. The lowest BCUT2D eigenvalue weighted by Gasteiger charge is -2.35. The molecule has 0 bridgehead atoms. The summed E-state index contributed by atoms with van der Waals surface area (Å²) >= 11 is 0. The predicted molar refractivity (Wildman–Crippen MR) is 77.4 cm³/mol. The van der Waals surface area contributed by atoms with Gasteiger partial charge in [0.05, 0.1) is 6.04 Å². The van der Waals surface area contributed by atoms with E-state index in [1.165, 1.54) is 32.4 Å². The lowest BCUT2D eigenvalue weighted by Crippen LogP contribution is -2.40. The van der Waals surface area contributed by atoms with E-state index < -0.39 is 0 Å². The summed E-state index contributed by atoms with van der Waals surface area (Å²) < 4.78 is 5.43. The molecule has 0 spiro atoms. The van der Waals surface area contributed by atoms with Crippen molar-refractivity contribution < 1.29 is 4.52 Å². The van der Waals surface area contributed by atoms with E-state index in [1.54, 1.807) is 0 Å². The van der Waals surface area contributed by atoms with E-state index in [9.17, 15) is 0 Å². The Balaban J connectivity index is 1.57. The zero-order valence-electron chi connectivity index (χ0n) is 12.6. The standard InChI is InChI=1S/C15H26N4O/c1-11(2)19-8-4-5-12(10-19)9-14-17-15(20-18-14)13-6-3-7-16-13/h11-13,16H,3-10H2,1-2H3. The van der Waals surface area contributed by atoms with Crippen molar-refractivity contribution in [1.29, 1.82) is 0 Å². The van der Waals surface area contributed by atoms with Gasteiger partial charge in [0.2, 0.25) is 5.89 Å². The molecule has 3 rings (SSSR count). The van der Waals surface area contributed by atoms with Crippen LogP contribution in [0, 0.1) is 5.92 Å². The van der Waals surface area contributed by atoms with Gasteiger partial charge in [-0.1, -0.05) is 5.16 Å². The lowest BCUT2D eigenvalue weighted by atomic mass is 9.94. The van der Waals surface area contributed by atoms with Crippen molar-refractivity contribution in [2.45, 2.75) is 58.0 Å². The van der Waals surface area contributed by atoms with Crippen molar-refractivity contribution in [3.63, 3.8) is 0 Å². The van der Waals surface area contributed by atoms with Crippen molar-refractivity contribution in [1.82, 2.24) is 20.4 Å². The minimum Gasteiger partial charge on any atom is -0.338 e. The quantitative estimate of drug-likeness (QED) is 0.914. The van der Waals surface area contributed by atoms with Crippen LogP contribution in [-0.4, -0.2) is 40.7 Å². The molecule has 0 saturated carbocycles. The van der Waals surface area contributed by atoms with Gasteiger partial charge in [-0.25, -0.2) is 0 Å². The van der Waals surface area contributed by atoms with Crippen molar-refractivity contribution in [2.24, 2.45) is 5.92 Å². The zero-order valence-corrected chi connectivity index (χ0v) is 12.6. The van der Waals surface area contributed by atoms with Crippen LogP contribution in [-0.2, 0) is 6.42 Å². The van der Waals surface area contributed by atoms with Crippen molar-refractivity contribution in [3.05, 3.63) is 11.7 Å². The van der Waals surface area contributed by atoms with E-state index in [2.05, 4.69) is 34.2 Å². The van der Waals surface area contributed by atoms with Crippen LogP contribution in [0.3, 0.4) is 0 Å². The molecule has 1 aromatic heterocycles. The number of piperidine rings is 1. The molecule has 0 aliphatic carbocycles. The van der Waals surface area contributed by atoms with E-state index in [-0.39, 0.29) is 6.04 Å². The molecule has 1 aromatic rings. The monoisotopic (exact) mass is 278 g/mol. The number of rotatable bonds is 4. The van der Waals surface area contributed by atoms with Gasteiger partial charge >= 0.3 is 0 Å². The summed E-state index contributed by atoms with van der Waals surface area (Å²) in [7, 11) is 0. The van der Waals surface area contributed by atoms with Gasteiger partial charge in [0.15, 0.2) is 5.82 Å². The summed E-state index contributed by atoms with van der Waals surface area (Å²) in [6.45, 7) is 8.02. The molecule has 2 saturated heterocycles. The molecule has 0 aromatic carbocycles. The second-order valence-corrected chi connectivity index (χ2v) is 6.50. The first kappa shape index (κ1) is 14.0. The SMILES string of the molecule is CC(C)N1CCCC(Cc2noc(C3CCCN3)n2)C1. The van der Waals surface area contributed by atoms with E-state index >= 15 is 0 Å². The van der Waals surface area contributed by atoms with E-state index in [4.69, 9.17) is 4.52 Å². The minimum atomic E-state index is 0.287. The molecule has 0 amide bonds. The highest BCUT2D eigenvalue weighted by Crippen LogP contribution is 2.24. The number of nitrogens with one attached hydrogen (secondary N) is 1. The molecule has 2 unspecified atom stereocenters. The first-order valence-corrected chi connectivity index (χ1v) is 8.02. The zero-order chi connectivity index (χ0) is 13.9. The molecule has 0 radical (unpaired) electrons. The van der Waals surface area contributed by atoms with Crippen molar-refractivity contribution in [2.75, 3.05) is 19.6 Å². The predicted octanol–water partition coefficient (Wildman–Crippen LogP) is 2.16. The average molecular weight is 278 g/mol. The molecular formula is C15H26N4O. The Morgan fingerprint density at radius 3 is 3.00 bits per heavy atom. The second-order valence-electron chi connectivity index (χ2n) is 6.50. The van der Waals surface area contributed by atoms with Gasteiger partial charge in [0, 0.05) is 19.0 Å². The molecule has 1 N–H and O–H groups in total. The number of likely N-dealkylation sites (tertiary alicyclic amines) is 1. The Morgan fingerprint density at radius 1 is 1.35 bits per heavy atom. The van der Waals surface area contributed by atoms with Gasteiger partial charge in [-0.15, -0.1) is 0 Å². The summed E-state index contributed by atoms with van der Waals surface area (Å²) in [6, 6.07) is 0.927. The lowest BCUT2D eigenvalue weighted by molar-refractivity contribution is 0.138. The van der Waals surface area contributed by atoms with Gasteiger partial charge < -0.3 is 14.7 Å². The topological polar surface area (TPSA) is 54.2 Å². The maximum atomic E-state index is 5.43. The molecular weight excluding hydrogens is 252 g/mol. The Kier molecular flexibility index (Phi) is 4.36. The molecule has 3 heterocycles. The summed E-state index contributed by atoms with van der Waals surface area (Å²) in [4.78, 5) is 7.16. The maximum Gasteiger partial charge on any atom is 0.243 e. The fourth-order valence-corrected chi connectivity index (χ4v) is 3.38. The fourth-order valence-electron chi connectivity index (χ4n) is 3.38. The maximum absolute atomic E-state index is 5.43. The summed E-state index contributed by atoms with van der Waals surface area (Å²) in [5, 5.41) is 7.59. The first-order chi connectivity index (χ1) is 9.72. The highest BCUT2D eigenvalue weighted by Gasteiger charge is 2.25. The van der Waals surface area contributed by atoms with Gasteiger partial charge in [0.25, 0.3) is 0 Å². The molecule has 2 aliphatic heterocycles. The summed E-state index contributed by atoms with van der Waals surface area (Å²) in [5.41, 5.74) is 0. The molecule has 5 nitrogen and oxygen atoms in total. The van der Waals surface area contributed by atoms with E-state index in [0.717, 1.165) is 31.1 Å². The first-order valence-electron chi connectivity index (χ1n) is 8.02. The van der Waals surface area contributed by atoms with Crippen molar-refractivity contribution >= 4 is 0 Å². The minimum absolute atomic E-state index is 0.287. The van der Waals surface area contributed by atoms with Crippen LogP contribution in [0.5, 0.6) is 0 Å². The third kappa shape index (κ3) is 3.20. The van der Waals surface area contributed by atoms with Crippen LogP contribution in [0.25, 0.3) is 0 Å². The average Bonchev–Trinajstić information content (AvgIpc) is 3.09. The van der Waals surface area contributed by atoms with Crippen LogP contribution in [0.15, 0.2) is 4.52 Å². The number of hydrogen-bond donors (Lipinski definition) is 1. The van der Waals surface area contributed by atoms with Crippen LogP contribution in [0.4, 0.5) is 0 Å². The fraction of sp³-hybridized carbons (Fsp3) is 0.867. The summed E-state index contributed by atoms with van der Waals surface area (Å²) in [5.74, 6) is 2.35. The van der Waals surface area contributed by atoms with Gasteiger partial charge in [-0.2, -0.15) is 4.98 Å². The Hall–Kier alpha value is -0.940. The van der Waals surface area contributed by atoms with Crippen LogP contribution < -0.4 is 5.32 Å². The Morgan fingerprint density at radius 2 is 2.25 bits per heavy atom. The van der Waals surface area contributed by atoms with Gasteiger partial charge in [-0.05, 0) is 58.5 Å². The molecule has 2 fully saturated rings. The summed E-state index contributed by atoms with van der Waals surface area (Å²) in [6.07, 6.45) is 5.85. The van der Waals surface area contributed by atoms with Crippen LogP contribution in [0.2, 0.25) is 0 Å². The molecule has 2 aliphatic rings. The molecule has 112 valence electrons. The van der Waals surface area contributed by atoms with Crippen molar-refractivity contribution in [3.8, 4) is 0 Å². The smallest absolute Gasteiger partial charge is 0.243 e. The van der Waals surface area contributed by atoms with E-state index in [1.807, 2.05) is 0 Å². The molecule has 20 heavy (non-hydrogen) atoms. The molecule has 5 heteroatoms. The third-order valence-electron chi connectivity index (χ3n) is 4.59. The molecule has 2 atom stereocenters. The second kappa shape index (κ2) is 6.22. The van der Waals surface area contributed by atoms with Gasteiger partial charge in [-0.3, -0.25) is 0 Å². The van der Waals surface area contributed by atoms with Crippen LogP contribution >= 0.6 is 0 Å². The third-order valence-corrected chi connectivity index (χ3v) is 4.59. The van der Waals surface area contributed by atoms with Crippen LogP contribution in [0.1, 0.15) is 57.3 Å². The van der Waals surface area contributed by atoms with Gasteiger partial charge in [0.1, 0.15) is 0 Å². The highest BCUT2D eigenvalue weighted by molar-refractivity contribution is 4.96.